The first kappa shape index (κ1) is 36.4. The number of phosphoric acid groups is 1. The lowest BCUT2D eigenvalue weighted by Crippen LogP contribution is -2.03. The minimum absolute atomic E-state index is 0.500. The lowest BCUT2D eigenvalue weighted by Gasteiger charge is -1.87. The van der Waals surface area contributed by atoms with Gasteiger partial charge in [0.15, 0.2) is 0 Å². The largest absolute Gasteiger partial charge is 0.487 e. The quantitative estimate of drug-likeness (QED) is 0.195. The third kappa shape index (κ3) is 132. The van der Waals surface area contributed by atoms with E-state index >= 15 is 0 Å². The molecule has 0 heterocycles. The molecule has 0 spiro atoms. The molecular formula is C13H27BrClN2O6PS2. The van der Waals surface area contributed by atoms with E-state index < -0.39 is 18.2 Å². The third-order valence-electron chi connectivity index (χ3n) is 0.787. The molecule has 8 nitrogen and oxygen atoms in total. The van der Waals surface area contributed by atoms with Gasteiger partial charge >= 0.3 is 7.82 Å². The molecule has 0 unspecified atom stereocenters. The molecule has 0 fully saturated rings. The zero-order valence-corrected chi connectivity index (χ0v) is 19.7. The molecule has 9 N–H and O–H groups in total. The van der Waals surface area contributed by atoms with Crippen LogP contribution in [0.5, 0.6) is 0 Å². The number of aliphatic hydroxyl groups is 2. The van der Waals surface area contributed by atoms with Crippen molar-refractivity contribution in [2.24, 2.45) is 11.5 Å². The second kappa shape index (κ2) is 26.7. The van der Waals surface area contributed by atoms with Crippen molar-refractivity contribution in [3.05, 3.63) is 33.8 Å². The van der Waals surface area contributed by atoms with Gasteiger partial charge in [0.25, 0.3) is 10.3 Å². The van der Waals surface area contributed by atoms with Crippen molar-refractivity contribution in [1.29, 1.82) is 0 Å². The van der Waals surface area contributed by atoms with Gasteiger partial charge in [-0.15, -0.1) is 0 Å². The molecular weight excluding hydrogens is 491 g/mol. The molecule has 13 heteroatoms. The summed E-state index contributed by atoms with van der Waals surface area (Å²) in [7, 11) is -4.64. The average Bonchev–Trinajstić information content (AvgIpc) is 2.38. The smallest absolute Gasteiger partial charge is 0.466 e. The standard InChI is InChI=1S/C6H4BrCl.C3H8.C2H6.2CH3NOS.H3O4P/c7-5-2-1-3-6(8)4-5;1-3-2;1-2;2*2-1(3)4;1-5(2,3)4/h1-4H;3H2,1-2H3;1-2H3;2*(H3,2,3,4);(H3,1,2,3,4). The van der Waals surface area contributed by atoms with E-state index in [-0.39, 0.29) is 0 Å². The van der Waals surface area contributed by atoms with Gasteiger partial charge in [-0.3, -0.25) is 0 Å². The second-order valence-electron chi connectivity index (χ2n) is 3.34. The summed E-state index contributed by atoms with van der Waals surface area (Å²) in [5.41, 5.74) is 8.80. The van der Waals surface area contributed by atoms with E-state index in [9.17, 15) is 0 Å². The summed E-state index contributed by atoms with van der Waals surface area (Å²) < 4.78 is 9.90. The molecule has 0 aliphatic carbocycles. The van der Waals surface area contributed by atoms with Crippen LogP contribution in [0, 0.1) is 0 Å². The first-order valence-electron chi connectivity index (χ1n) is 6.83. The van der Waals surface area contributed by atoms with Crippen LogP contribution in [0.25, 0.3) is 0 Å². The molecule has 1 aromatic rings. The van der Waals surface area contributed by atoms with E-state index in [1.807, 2.05) is 38.1 Å². The molecule has 1 aromatic carbocycles. The third-order valence-corrected chi connectivity index (χ3v) is 1.52. The number of nitrogens with two attached hydrogens (primary N) is 2. The second-order valence-corrected chi connectivity index (χ2v) is 6.55. The Morgan fingerprint density at radius 2 is 1.35 bits per heavy atom. The van der Waals surface area contributed by atoms with E-state index in [4.69, 9.17) is 41.1 Å². The van der Waals surface area contributed by atoms with Crippen LogP contribution in [0.1, 0.15) is 34.1 Å². The Hall–Kier alpha value is -0.520. The SMILES string of the molecule is CC.CCC.Clc1cccc(Br)c1.NC(O)=S.NC(O)=S.O=P(O)(O)O. The molecule has 0 saturated heterocycles. The normalized spacial score (nSPS) is 7.88. The topological polar surface area (TPSA) is 170 Å². The maximum atomic E-state index is 8.88. The lowest BCUT2D eigenvalue weighted by atomic mass is 10.4. The Morgan fingerprint density at radius 1 is 1.12 bits per heavy atom. The molecule has 0 saturated carbocycles. The van der Waals surface area contributed by atoms with Crippen LogP contribution < -0.4 is 11.5 Å². The maximum Gasteiger partial charge on any atom is 0.466 e. The Balaban J connectivity index is -0.0000000725. The number of hydrogen-bond donors (Lipinski definition) is 7. The summed E-state index contributed by atoms with van der Waals surface area (Å²) in [6, 6.07) is 7.52. The molecule has 0 bridgehead atoms. The Kier molecular flexibility index (Phi) is 37.4. The van der Waals surface area contributed by atoms with E-state index in [1.165, 1.54) is 6.42 Å². The highest BCUT2D eigenvalue weighted by Gasteiger charge is 2.00. The zero-order valence-electron chi connectivity index (χ0n) is 14.8. The van der Waals surface area contributed by atoms with Gasteiger partial charge in [-0.1, -0.05) is 67.7 Å². The van der Waals surface area contributed by atoms with Crippen molar-refractivity contribution in [3.63, 3.8) is 0 Å². The van der Waals surface area contributed by atoms with Crippen LogP contribution in [0.2, 0.25) is 5.02 Å². The summed E-state index contributed by atoms with van der Waals surface area (Å²) in [4.78, 5) is 21.6. The van der Waals surface area contributed by atoms with Crippen LogP contribution >= 0.6 is 59.8 Å². The molecule has 0 aliphatic rings. The highest BCUT2D eigenvalue weighted by molar-refractivity contribution is 9.10. The number of aliphatic hydroxyl groups excluding tert-OH is 2. The van der Waals surface area contributed by atoms with Gasteiger partial charge in [-0.05, 0) is 42.6 Å². The molecule has 0 aromatic heterocycles. The van der Waals surface area contributed by atoms with E-state index in [2.05, 4.69) is 65.7 Å². The minimum atomic E-state index is -4.64. The first-order chi connectivity index (χ1) is 11.7. The zero-order chi connectivity index (χ0) is 22.3. The van der Waals surface area contributed by atoms with Crippen molar-refractivity contribution in [2.75, 3.05) is 0 Å². The maximum absolute atomic E-state index is 8.88. The highest BCUT2D eigenvalue weighted by atomic mass is 79.9. The predicted molar refractivity (Wildman–Crippen MR) is 120 cm³/mol. The van der Waals surface area contributed by atoms with Crippen molar-refractivity contribution < 1.29 is 29.5 Å². The number of thiocarbonyl (C=S) groups is 2. The molecule has 26 heavy (non-hydrogen) atoms. The van der Waals surface area contributed by atoms with Gasteiger partial charge in [0.1, 0.15) is 0 Å². The van der Waals surface area contributed by atoms with Crippen molar-refractivity contribution in [1.82, 2.24) is 0 Å². The molecule has 156 valence electrons. The Bertz CT molecular complexity index is 464. The van der Waals surface area contributed by atoms with E-state index in [0.29, 0.717) is 0 Å². The fourth-order valence-corrected chi connectivity index (χ4v) is 1.18. The van der Waals surface area contributed by atoms with E-state index in [0.717, 1.165) is 9.50 Å². The van der Waals surface area contributed by atoms with Crippen LogP contribution in [0.3, 0.4) is 0 Å². The summed E-state index contributed by atoms with van der Waals surface area (Å²) in [6.07, 6.45) is 1.25. The van der Waals surface area contributed by atoms with Crippen molar-refractivity contribution >= 4 is 70.1 Å². The molecule has 0 radical (unpaired) electrons. The van der Waals surface area contributed by atoms with Gasteiger partial charge in [-0.25, -0.2) is 4.57 Å². The fraction of sp³-hybridized carbons (Fsp3) is 0.385. The monoisotopic (exact) mass is 516 g/mol. The summed E-state index contributed by atoms with van der Waals surface area (Å²) >= 11 is 16.6. The van der Waals surface area contributed by atoms with Gasteiger partial charge in [0.05, 0.1) is 0 Å². The van der Waals surface area contributed by atoms with Crippen molar-refractivity contribution in [2.45, 2.75) is 34.1 Å². The number of rotatable bonds is 0. The first-order valence-corrected chi connectivity index (χ1v) is 10.4. The Labute approximate surface area is 178 Å². The van der Waals surface area contributed by atoms with Gasteiger partial charge in [-0.2, -0.15) is 0 Å². The number of halogens is 2. The average molecular weight is 518 g/mol. The summed E-state index contributed by atoms with van der Waals surface area (Å²) in [5.74, 6) is 0. The lowest BCUT2D eigenvalue weighted by molar-refractivity contribution is 0.275. The van der Waals surface area contributed by atoms with Crippen LogP contribution in [-0.4, -0.2) is 35.2 Å². The predicted octanol–water partition coefficient (Wildman–Crippen LogP) is 4.19. The number of hydrogen-bond acceptors (Lipinski definition) is 3. The van der Waals surface area contributed by atoms with Gasteiger partial charge < -0.3 is 36.4 Å². The van der Waals surface area contributed by atoms with E-state index in [1.54, 1.807) is 0 Å². The number of benzene rings is 1. The minimum Gasteiger partial charge on any atom is -0.487 e. The van der Waals surface area contributed by atoms with Gasteiger partial charge in [0, 0.05) is 9.50 Å². The molecule has 0 atom stereocenters. The van der Waals surface area contributed by atoms with Crippen LogP contribution in [0.4, 0.5) is 0 Å². The molecule has 1 rings (SSSR count). The molecule has 0 amide bonds. The molecule has 0 aliphatic heterocycles. The Morgan fingerprint density at radius 3 is 1.46 bits per heavy atom. The van der Waals surface area contributed by atoms with Gasteiger partial charge in [0.2, 0.25) is 0 Å². The fourth-order valence-electron chi connectivity index (χ4n) is 0.460. The summed E-state index contributed by atoms with van der Waals surface area (Å²) in [6.45, 7) is 8.25. The highest BCUT2D eigenvalue weighted by Crippen LogP contribution is 2.25. The summed E-state index contributed by atoms with van der Waals surface area (Å²) in [5, 5.41) is 14.9. The van der Waals surface area contributed by atoms with Crippen LogP contribution in [0.15, 0.2) is 28.7 Å². The van der Waals surface area contributed by atoms with Crippen LogP contribution in [-0.2, 0) is 4.57 Å². The van der Waals surface area contributed by atoms with Crippen molar-refractivity contribution in [3.8, 4) is 0 Å².